The Balaban J connectivity index is 1.63. The predicted molar refractivity (Wildman–Crippen MR) is 127 cm³/mol. The molecule has 0 aromatic heterocycles. The normalized spacial score (nSPS) is 26.6. The monoisotopic (exact) mass is 522 g/mol. The number of alkyl halides is 2. The molecule has 2 aliphatic heterocycles. The second-order valence-electron chi connectivity index (χ2n) is 8.42. The molecule has 0 bridgehead atoms. The van der Waals surface area contributed by atoms with E-state index in [1.807, 2.05) is 44.2 Å². The van der Waals surface area contributed by atoms with Crippen molar-refractivity contribution < 1.29 is 37.9 Å². The van der Waals surface area contributed by atoms with E-state index in [2.05, 4.69) is 0 Å². The first-order valence-corrected chi connectivity index (χ1v) is 12.7. The average molecular weight is 523 g/mol. The maximum absolute atomic E-state index is 6.34. The molecule has 2 fully saturated rings. The molecule has 0 spiro atoms. The van der Waals surface area contributed by atoms with Crippen LogP contribution in [0.15, 0.2) is 30.3 Å². The molecule has 0 N–H and O–H groups in total. The minimum absolute atomic E-state index is 0.290. The molecule has 1 aromatic rings. The fourth-order valence-electron chi connectivity index (χ4n) is 3.89. The average Bonchev–Trinajstić information content (AvgIpc) is 3.30. The van der Waals surface area contributed by atoms with Crippen LogP contribution in [0.5, 0.6) is 0 Å². The topological polar surface area (TPSA) is 73.8 Å². The maximum Gasteiger partial charge on any atom is 0.190 e. The Labute approximate surface area is 212 Å². The van der Waals surface area contributed by atoms with Crippen LogP contribution in [-0.4, -0.2) is 94.5 Å². The van der Waals surface area contributed by atoms with Gasteiger partial charge in [-0.3, -0.25) is 0 Å². The first-order chi connectivity index (χ1) is 16.5. The summed E-state index contributed by atoms with van der Waals surface area (Å²) in [5.74, 6) is 0.129. The fraction of sp³-hybridized carbons (Fsp3) is 0.750. The number of rotatable bonds is 17. The van der Waals surface area contributed by atoms with E-state index in [1.165, 1.54) is 0 Å². The summed E-state index contributed by atoms with van der Waals surface area (Å²) >= 11 is 11.3. The van der Waals surface area contributed by atoms with Gasteiger partial charge in [0.25, 0.3) is 0 Å². The highest BCUT2D eigenvalue weighted by Gasteiger charge is 2.57. The SMILES string of the molecule is CC1(C)O[C@H]2O[C@H]([C@@H](COCCOCCCl)OCCOCCCl)[C@@H](OCc3ccccc3)[C@H]2O1. The van der Waals surface area contributed by atoms with Crippen LogP contribution in [0, 0.1) is 0 Å². The molecule has 0 unspecified atom stereocenters. The molecule has 2 saturated heterocycles. The van der Waals surface area contributed by atoms with Crippen molar-refractivity contribution in [1.29, 1.82) is 0 Å². The van der Waals surface area contributed by atoms with Crippen LogP contribution in [0.2, 0.25) is 0 Å². The zero-order valence-electron chi connectivity index (χ0n) is 19.9. The summed E-state index contributed by atoms with van der Waals surface area (Å²) in [6.45, 7) is 7.02. The van der Waals surface area contributed by atoms with Gasteiger partial charge < -0.3 is 37.9 Å². The molecule has 8 nitrogen and oxygen atoms in total. The zero-order valence-corrected chi connectivity index (χ0v) is 21.4. The van der Waals surface area contributed by atoms with Crippen molar-refractivity contribution in [1.82, 2.24) is 0 Å². The summed E-state index contributed by atoms with van der Waals surface area (Å²) in [6, 6.07) is 9.97. The van der Waals surface area contributed by atoms with Crippen LogP contribution >= 0.6 is 23.2 Å². The van der Waals surface area contributed by atoms with E-state index in [4.69, 9.17) is 61.1 Å². The molecule has 2 heterocycles. The molecule has 194 valence electrons. The van der Waals surface area contributed by atoms with E-state index < -0.39 is 30.4 Å². The van der Waals surface area contributed by atoms with Gasteiger partial charge in [-0.1, -0.05) is 30.3 Å². The van der Waals surface area contributed by atoms with Gasteiger partial charge in [0.15, 0.2) is 12.1 Å². The van der Waals surface area contributed by atoms with Crippen molar-refractivity contribution in [2.45, 2.75) is 56.9 Å². The van der Waals surface area contributed by atoms with E-state index in [-0.39, 0.29) is 6.10 Å². The minimum atomic E-state index is -0.753. The van der Waals surface area contributed by atoms with Crippen molar-refractivity contribution in [3.05, 3.63) is 35.9 Å². The molecule has 0 radical (unpaired) electrons. The quantitative estimate of drug-likeness (QED) is 0.228. The highest BCUT2D eigenvalue weighted by atomic mass is 35.5. The Morgan fingerprint density at radius 1 is 0.882 bits per heavy atom. The summed E-state index contributed by atoms with van der Waals surface area (Å²) in [5, 5.41) is 0. The van der Waals surface area contributed by atoms with Crippen molar-refractivity contribution in [2.75, 3.05) is 58.0 Å². The zero-order chi connectivity index (χ0) is 24.2. The largest absolute Gasteiger partial charge is 0.378 e. The lowest BCUT2D eigenvalue weighted by molar-refractivity contribution is -0.238. The molecule has 0 amide bonds. The summed E-state index contributed by atoms with van der Waals surface area (Å²) in [4.78, 5) is 0. The summed E-state index contributed by atoms with van der Waals surface area (Å²) < 4.78 is 47.5. The smallest absolute Gasteiger partial charge is 0.190 e. The molecular formula is C24H36Cl2O8. The number of halogens is 2. The molecule has 10 heteroatoms. The Hall–Kier alpha value is -0.520. The highest BCUT2D eigenvalue weighted by molar-refractivity contribution is 6.18. The second-order valence-corrected chi connectivity index (χ2v) is 9.17. The third kappa shape index (κ3) is 8.85. The lowest BCUT2D eigenvalue weighted by Gasteiger charge is -2.31. The molecule has 5 atom stereocenters. The first-order valence-electron chi connectivity index (χ1n) is 11.7. The van der Waals surface area contributed by atoms with Gasteiger partial charge in [0.2, 0.25) is 0 Å². The lowest BCUT2D eigenvalue weighted by Crippen LogP contribution is -2.46. The molecule has 2 aliphatic rings. The number of ether oxygens (including phenoxy) is 8. The van der Waals surface area contributed by atoms with Crippen LogP contribution in [0.1, 0.15) is 19.4 Å². The Morgan fingerprint density at radius 3 is 2.26 bits per heavy atom. The summed E-state index contributed by atoms with van der Waals surface area (Å²) in [7, 11) is 0. The molecule has 3 rings (SSSR count). The Morgan fingerprint density at radius 2 is 1.56 bits per heavy atom. The van der Waals surface area contributed by atoms with Crippen molar-refractivity contribution in [3.8, 4) is 0 Å². The predicted octanol–water partition coefficient (Wildman–Crippen LogP) is 3.36. The van der Waals surface area contributed by atoms with Gasteiger partial charge in [-0.25, -0.2) is 0 Å². The van der Waals surface area contributed by atoms with Crippen LogP contribution in [0.3, 0.4) is 0 Å². The summed E-state index contributed by atoms with van der Waals surface area (Å²) in [5.41, 5.74) is 1.06. The van der Waals surface area contributed by atoms with E-state index in [1.54, 1.807) is 0 Å². The van der Waals surface area contributed by atoms with Crippen LogP contribution in [0.4, 0.5) is 0 Å². The van der Waals surface area contributed by atoms with Gasteiger partial charge in [-0.15, -0.1) is 23.2 Å². The van der Waals surface area contributed by atoms with Crippen molar-refractivity contribution in [3.63, 3.8) is 0 Å². The van der Waals surface area contributed by atoms with Gasteiger partial charge in [-0.05, 0) is 19.4 Å². The molecule has 0 saturated carbocycles. The maximum atomic E-state index is 6.34. The van der Waals surface area contributed by atoms with Gasteiger partial charge in [-0.2, -0.15) is 0 Å². The van der Waals surface area contributed by atoms with Gasteiger partial charge in [0, 0.05) is 11.8 Å². The standard InChI is InChI=1S/C24H36Cl2O8/c1-24(2)33-22-21(31-16-18-6-4-3-5-7-18)20(32-23(22)34-24)19(30-15-14-28-11-9-26)17-29-13-12-27-10-8-25/h3-7,19-23H,8-17H2,1-2H3/t19-,20-,21-,22-,23-/m1/s1. The Bertz CT molecular complexity index is 680. The van der Waals surface area contributed by atoms with Crippen LogP contribution < -0.4 is 0 Å². The highest BCUT2D eigenvalue weighted by Crippen LogP contribution is 2.40. The first kappa shape index (κ1) is 28.1. The summed E-state index contributed by atoms with van der Waals surface area (Å²) in [6.07, 6.45) is -2.21. The number of benzene rings is 1. The van der Waals surface area contributed by atoms with Crippen LogP contribution in [-0.2, 0) is 44.5 Å². The molecular weight excluding hydrogens is 487 g/mol. The van der Waals surface area contributed by atoms with Gasteiger partial charge in [0.05, 0.1) is 52.9 Å². The molecule has 1 aromatic carbocycles. The second kappa shape index (κ2) is 14.9. The molecule has 0 aliphatic carbocycles. The van der Waals surface area contributed by atoms with E-state index in [9.17, 15) is 0 Å². The van der Waals surface area contributed by atoms with E-state index in [0.29, 0.717) is 64.6 Å². The van der Waals surface area contributed by atoms with Gasteiger partial charge >= 0.3 is 0 Å². The number of hydrogen-bond donors (Lipinski definition) is 0. The lowest BCUT2D eigenvalue weighted by atomic mass is 10.1. The third-order valence-electron chi connectivity index (χ3n) is 5.34. The van der Waals surface area contributed by atoms with Gasteiger partial charge in [0.1, 0.15) is 24.4 Å². The Kier molecular flexibility index (Phi) is 12.3. The third-order valence-corrected chi connectivity index (χ3v) is 5.64. The number of fused-ring (bicyclic) bond motifs is 1. The minimum Gasteiger partial charge on any atom is -0.378 e. The van der Waals surface area contributed by atoms with E-state index in [0.717, 1.165) is 5.56 Å². The van der Waals surface area contributed by atoms with Crippen molar-refractivity contribution in [2.24, 2.45) is 0 Å². The number of hydrogen-bond acceptors (Lipinski definition) is 8. The van der Waals surface area contributed by atoms with Crippen LogP contribution in [0.25, 0.3) is 0 Å². The fourth-order valence-corrected chi connectivity index (χ4v) is 4.10. The van der Waals surface area contributed by atoms with E-state index >= 15 is 0 Å². The van der Waals surface area contributed by atoms with Crippen molar-refractivity contribution >= 4 is 23.2 Å². The molecule has 34 heavy (non-hydrogen) atoms.